The molecular formula is C15H18N2. The highest BCUT2D eigenvalue weighted by Gasteiger charge is 2.07. The Morgan fingerprint density at radius 3 is 2.65 bits per heavy atom. The molecule has 0 aliphatic rings. The minimum atomic E-state index is 0.268. The van der Waals surface area contributed by atoms with E-state index in [-0.39, 0.29) is 6.04 Å². The van der Waals surface area contributed by atoms with E-state index in [1.165, 1.54) is 22.4 Å². The van der Waals surface area contributed by atoms with Crippen LogP contribution in [-0.2, 0) is 0 Å². The van der Waals surface area contributed by atoms with Crippen molar-refractivity contribution in [2.45, 2.75) is 26.8 Å². The van der Waals surface area contributed by atoms with Crippen LogP contribution in [0.1, 0.15) is 29.7 Å². The normalized spacial score (nSPS) is 12.2. The van der Waals surface area contributed by atoms with Gasteiger partial charge in [0, 0.05) is 18.1 Å². The van der Waals surface area contributed by atoms with Crippen LogP contribution in [0.5, 0.6) is 0 Å². The molecule has 1 aromatic carbocycles. The molecule has 1 atom stereocenters. The van der Waals surface area contributed by atoms with Crippen LogP contribution in [0, 0.1) is 13.8 Å². The van der Waals surface area contributed by atoms with Crippen molar-refractivity contribution in [3.05, 3.63) is 59.4 Å². The third-order valence-electron chi connectivity index (χ3n) is 3.16. The lowest BCUT2D eigenvalue weighted by Crippen LogP contribution is -2.08. The monoisotopic (exact) mass is 226 g/mol. The van der Waals surface area contributed by atoms with Crippen LogP contribution in [0.2, 0.25) is 0 Å². The Hall–Kier alpha value is -1.83. The fraction of sp³-hybridized carbons (Fsp3) is 0.267. The predicted molar refractivity (Wildman–Crippen MR) is 72.2 cm³/mol. The van der Waals surface area contributed by atoms with Crippen LogP contribution >= 0.6 is 0 Å². The fourth-order valence-corrected chi connectivity index (χ4v) is 1.86. The molecule has 1 aromatic heterocycles. The van der Waals surface area contributed by atoms with Crippen LogP contribution in [-0.4, -0.2) is 4.98 Å². The third-order valence-corrected chi connectivity index (χ3v) is 3.16. The number of anilines is 1. The molecule has 0 saturated heterocycles. The van der Waals surface area contributed by atoms with Crippen molar-refractivity contribution in [3.63, 3.8) is 0 Å². The Labute approximate surface area is 103 Å². The molecule has 0 spiro atoms. The van der Waals surface area contributed by atoms with Crippen LogP contribution in [0.4, 0.5) is 5.69 Å². The molecular weight excluding hydrogens is 208 g/mol. The highest BCUT2D eigenvalue weighted by Crippen LogP contribution is 2.23. The first-order chi connectivity index (χ1) is 8.18. The molecule has 1 heterocycles. The molecule has 0 fully saturated rings. The Morgan fingerprint density at radius 1 is 1.12 bits per heavy atom. The van der Waals surface area contributed by atoms with E-state index in [0.717, 1.165) is 0 Å². The van der Waals surface area contributed by atoms with E-state index in [1.807, 2.05) is 12.3 Å². The van der Waals surface area contributed by atoms with Crippen LogP contribution in [0.15, 0.2) is 42.7 Å². The first kappa shape index (κ1) is 11.6. The van der Waals surface area contributed by atoms with Gasteiger partial charge < -0.3 is 5.32 Å². The van der Waals surface area contributed by atoms with Gasteiger partial charge in [-0.3, -0.25) is 4.98 Å². The molecule has 1 unspecified atom stereocenters. The topological polar surface area (TPSA) is 24.9 Å². The molecule has 2 aromatic rings. The second-order valence-electron chi connectivity index (χ2n) is 4.40. The Balaban J connectivity index is 2.19. The lowest BCUT2D eigenvalue weighted by molar-refractivity contribution is 0.873. The standard InChI is InChI=1S/C15H18N2/c1-11-6-4-8-15(12(11)2)17-13(3)14-7-5-9-16-10-14/h4-10,13,17H,1-3H3. The maximum Gasteiger partial charge on any atom is 0.0500 e. The minimum Gasteiger partial charge on any atom is -0.378 e. The highest BCUT2D eigenvalue weighted by molar-refractivity contribution is 5.54. The summed E-state index contributed by atoms with van der Waals surface area (Å²) >= 11 is 0. The van der Waals surface area contributed by atoms with E-state index in [0.29, 0.717) is 0 Å². The van der Waals surface area contributed by atoms with E-state index >= 15 is 0 Å². The summed E-state index contributed by atoms with van der Waals surface area (Å²) in [6.07, 6.45) is 3.71. The summed E-state index contributed by atoms with van der Waals surface area (Å²) in [5, 5.41) is 3.53. The SMILES string of the molecule is Cc1cccc(NC(C)c2cccnc2)c1C. The first-order valence-corrected chi connectivity index (χ1v) is 5.91. The number of hydrogen-bond acceptors (Lipinski definition) is 2. The second-order valence-corrected chi connectivity index (χ2v) is 4.40. The molecule has 17 heavy (non-hydrogen) atoms. The van der Waals surface area contributed by atoms with Crippen LogP contribution in [0.25, 0.3) is 0 Å². The van der Waals surface area contributed by atoms with E-state index in [9.17, 15) is 0 Å². The van der Waals surface area contributed by atoms with Crippen molar-refractivity contribution >= 4 is 5.69 Å². The van der Waals surface area contributed by atoms with Crippen molar-refractivity contribution in [1.82, 2.24) is 4.98 Å². The summed E-state index contributed by atoms with van der Waals surface area (Å²) in [7, 11) is 0. The van der Waals surface area contributed by atoms with Crippen LogP contribution < -0.4 is 5.32 Å². The maximum absolute atomic E-state index is 4.15. The van der Waals surface area contributed by atoms with Crippen molar-refractivity contribution in [1.29, 1.82) is 0 Å². The van der Waals surface area contributed by atoms with Crippen molar-refractivity contribution in [3.8, 4) is 0 Å². The largest absolute Gasteiger partial charge is 0.378 e. The number of benzene rings is 1. The highest BCUT2D eigenvalue weighted by atomic mass is 14.9. The zero-order chi connectivity index (χ0) is 12.3. The van der Waals surface area contributed by atoms with E-state index in [4.69, 9.17) is 0 Å². The Kier molecular flexibility index (Phi) is 3.43. The summed E-state index contributed by atoms with van der Waals surface area (Å²) in [6, 6.07) is 10.7. The van der Waals surface area contributed by atoms with E-state index in [1.54, 1.807) is 6.20 Å². The number of aryl methyl sites for hydroxylation is 1. The van der Waals surface area contributed by atoms with Gasteiger partial charge in [0.25, 0.3) is 0 Å². The van der Waals surface area contributed by atoms with E-state index < -0.39 is 0 Å². The molecule has 0 aliphatic heterocycles. The molecule has 88 valence electrons. The minimum absolute atomic E-state index is 0.268. The zero-order valence-electron chi connectivity index (χ0n) is 10.6. The maximum atomic E-state index is 4.15. The van der Waals surface area contributed by atoms with Gasteiger partial charge in [0.05, 0.1) is 6.04 Å². The van der Waals surface area contributed by atoms with Gasteiger partial charge in [-0.1, -0.05) is 18.2 Å². The van der Waals surface area contributed by atoms with Gasteiger partial charge in [0.2, 0.25) is 0 Å². The number of pyridine rings is 1. The molecule has 0 radical (unpaired) electrons. The van der Waals surface area contributed by atoms with Gasteiger partial charge in [-0.25, -0.2) is 0 Å². The first-order valence-electron chi connectivity index (χ1n) is 5.91. The number of aromatic nitrogens is 1. The number of nitrogens with zero attached hydrogens (tertiary/aromatic N) is 1. The lowest BCUT2D eigenvalue weighted by atomic mass is 10.1. The summed E-state index contributed by atoms with van der Waals surface area (Å²) in [5.41, 5.74) is 5.02. The second kappa shape index (κ2) is 5.00. The molecule has 2 rings (SSSR count). The number of rotatable bonds is 3. The Bertz CT molecular complexity index is 492. The van der Waals surface area contributed by atoms with Crippen molar-refractivity contribution in [2.24, 2.45) is 0 Å². The molecule has 0 bridgehead atoms. The van der Waals surface area contributed by atoms with Gasteiger partial charge in [0.1, 0.15) is 0 Å². The van der Waals surface area contributed by atoms with Gasteiger partial charge >= 0.3 is 0 Å². The molecule has 0 aliphatic carbocycles. The summed E-state index contributed by atoms with van der Waals surface area (Å²) in [6.45, 7) is 6.43. The smallest absolute Gasteiger partial charge is 0.0500 e. The molecule has 2 nitrogen and oxygen atoms in total. The zero-order valence-corrected chi connectivity index (χ0v) is 10.6. The van der Waals surface area contributed by atoms with E-state index in [2.05, 4.69) is 55.3 Å². The third kappa shape index (κ3) is 2.64. The quantitative estimate of drug-likeness (QED) is 0.859. The van der Waals surface area contributed by atoms with Gasteiger partial charge in [0.15, 0.2) is 0 Å². The average molecular weight is 226 g/mol. The summed E-state index contributed by atoms with van der Waals surface area (Å²) in [5.74, 6) is 0. The van der Waals surface area contributed by atoms with Gasteiger partial charge in [-0.05, 0) is 49.6 Å². The molecule has 2 heteroatoms. The molecule has 0 saturated carbocycles. The van der Waals surface area contributed by atoms with Gasteiger partial charge in [-0.2, -0.15) is 0 Å². The summed E-state index contributed by atoms with van der Waals surface area (Å²) < 4.78 is 0. The molecule has 1 N–H and O–H groups in total. The summed E-state index contributed by atoms with van der Waals surface area (Å²) in [4.78, 5) is 4.15. The van der Waals surface area contributed by atoms with Gasteiger partial charge in [-0.15, -0.1) is 0 Å². The van der Waals surface area contributed by atoms with Crippen molar-refractivity contribution in [2.75, 3.05) is 5.32 Å². The average Bonchev–Trinajstić information content (AvgIpc) is 2.36. The van der Waals surface area contributed by atoms with Crippen LogP contribution in [0.3, 0.4) is 0 Å². The Morgan fingerprint density at radius 2 is 1.94 bits per heavy atom. The van der Waals surface area contributed by atoms with Crippen molar-refractivity contribution < 1.29 is 0 Å². The lowest BCUT2D eigenvalue weighted by Gasteiger charge is -2.18. The number of nitrogens with one attached hydrogen (secondary N) is 1. The predicted octanol–water partition coefficient (Wildman–Crippen LogP) is 3.87. The number of hydrogen-bond donors (Lipinski definition) is 1. The fourth-order valence-electron chi connectivity index (χ4n) is 1.86. The molecule has 0 amide bonds.